The number of fused-ring (bicyclic) bond motifs is 1. The lowest BCUT2D eigenvalue weighted by Crippen LogP contribution is -2.41. The first kappa shape index (κ1) is 12.2. The summed E-state index contributed by atoms with van der Waals surface area (Å²) in [6.45, 7) is 2.73. The van der Waals surface area contributed by atoms with E-state index in [1.807, 2.05) is 36.1 Å². The maximum atomic E-state index is 12.3. The molecular formula is C14H17N3O2. The molecule has 1 saturated heterocycles. The number of aromatic nitrogens is 1. The van der Waals surface area contributed by atoms with Crippen LogP contribution in [0.15, 0.2) is 28.8 Å². The van der Waals surface area contributed by atoms with Gasteiger partial charge in [-0.25, -0.2) is 0 Å². The Balaban J connectivity index is 1.80. The first-order chi connectivity index (χ1) is 9.16. The summed E-state index contributed by atoms with van der Waals surface area (Å²) in [4.78, 5) is 14.1. The molecule has 2 aromatic rings. The van der Waals surface area contributed by atoms with Crippen molar-refractivity contribution in [3.05, 3.63) is 30.0 Å². The highest BCUT2D eigenvalue weighted by Gasteiger charge is 2.31. The quantitative estimate of drug-likeness (QED) is 0.882. The van der Waals surface area contributed by atoms with Crippen LogP contribution in [0.3, 0.4) is 0 Å². The van der Waals surface area contributed by atoms with E-state index in [9.17, 15) is 4.79 Å². The highest BCUT2D eigenvalue weighted by Crippen LogP contribution is 2.21. The molecule has 1 amide bonds. The topological polar surface area (TPSA) is 72.4 Å². The molecule has 100 valence electrons. The molecule has 0 bridgehead atoms. The minimum absolute atomic E-state index is 0.0690. The minimum atomic E-state index is 0.0690. The van der Waals surface area contributed by atoms with E-state index < -0.39 is 0 Å². The summed E-state index contributed by atoms with van der Waals surface area (Å²) in [6, 6.07) is 7.77. The van der Waals surface area contributed by atoms with Crippen LogP contribution in [0.5, 0.6) is 0 Å². The fourth-order valence-corrected chi connectivity index (χ4v) is 2.63. The van der Waals surface area contributed by atoms with E-state index in [4.69, 9.17) is 10.3 Å². The van der Waals surface area contributed by atoms with E-state index in [-0.39, 0.29) is 24.4 Å². The van der Waals surface area contributed by atoms with E-state index in [0.717, 1.165) is 23.9 Å². The standard InChI is InChI=1S/C14H17N3O2/c1-9-11(15)6-7-17(9)14(18)8-12-10-4-2-3-5-13(10)19-16-12/h2-5,9,11H,6-8,15H2,1H3. The number of benzene rings is 1. The fraction of sp³-hybridized carbons (Fsp3) is 0.429. The smallest absolute Gasteiger partial charge is 0.229 e. The molecule has 5 heteroatoms. The molecule has 1 aromatic heterocycles. The third-order valence-corrected chi connectivity index (χ3v) is 3.91. The Bertz CT molecular complexity index is 608. The van der Waals surface area contributed by atoms with Crippen LogP contribution < -0.4 is 5.73 Å². The van der Waals surface area contributed by atoms with Crippen LogP contribution in [-0.2, 0) is 11.2 Å². The van der Waals surface area contributed by atoms with Crippen LogP contribution in [0.2, 0.25) is 0 Å². The van der Waals surface area contributed by atoms with E-state index in [1.54, 1.807) is 0 Å². The summed E-state index contributed by atoms with van der Waals surface area (Å²) in [7, 11) is 0. The largest absolute Gasteiger partial charge is 0.356 e. The first-order valence-corrected chi connectivity index (χ1v) is 6.55. The van der Waals surface area contributed by atoms with Crippen LogP contribution in [0.25, 0.3) is 11.0 Å². The van der Waals surface area contributed by atoms with Gasteiger partial charge in [-0.1, -0.05) is 17.3 Å². The molecule has 1 fully saturated rings. The summed E-state index contributed by atoms with van der Waals surface area (Å²) in [5.74, 6) is 0.0690. The number of carbonyl (C=O) groups is 1. The first-order valence-electron chi connectivity index (χ1n) is 6.55. The Kier molecular flexibility index (Phi) is 2.98. The number of para-hydroxylation sites is 1. The number of rotatable bonds is 2. The van der Waals surface area contributed by atoms with E-state index in [2.05, 4.69) is 5.16 Å². The van der Waals surface area contributed by atoms with E-state index >= 15 is 0 Å². The van der Waals surface area contributed by atoms with Gasteiger partial charge in [-0.3, -0.25) is 4.79 Å². The second-order valence-electron chi connectivity index (χ2n) is 5.08. The highest BCUT2D eigenvalue weighted by molar-refractivity contribution is 5.86. The average Bonchev–Trinajstić information content (AvgIpc) is 2.96. The van der Waals surface area contributed by atoms with Crippen molar-refractivity contribution in [1.29, 1.82) is 0 Å². The third kappa shape index (κ3) is 2.10. The molecule has 5 nitrogen and oxygen atoms in total. The van der Waals surface area contributed by atoms with Crippen LogP contribution in [-0.4, -0.2) is 34.6 Å². The summed E-state index contributed by atoms with van der Waals surface area (Å²) in [6.07, 6.45) is 1.14. The zero-order valence-corrected chi connectivity index (χ0v) is 10.9. The lowest BCUT2D eigenvalue weighted by atomic mass is 10.1. The number of nitrogens with two attached hydrogens (primary N) is 1. The molecule has 0 aliphatic carbocycles. The van der Waals surface area contributed by atoms with Crippen molar-refractivity contribution in [2.75, 3.05) is 6.54 Å². The Labute approximate surface area is 111 Å². The number of carbonyl (C=O) groups excluding carboxylic acids is 1. The predicted octanol–water partition coefficient (Wildman–Crippen LogP) is 1.32. The van der Waals surface area contributed by atoms with Gasteiger partial charge in [0, 0.05) is 24.0 Å². The second kappa shape index (κ2) is 4.66. The summed E-state index contributed by atoms with van der Waals surface area (Å²) in [5, 5.41) is 4.91. The van der Waals surface area contributed by atoms with Gasteiger partial charge < -0.3 is 15.2 Å². The van der Waals surface area contributed by atoms with Crippen LogP contribution >= 0.6 is 0 Å². The number of amides is 1. The maximum absolute atomic E-state index is 12.3. The van der Waals surface area contributed by atoms with E-state index in [1.165, 1.54) is 0 Å². The van der Waals surface area contributed by atoms with Gasteiger partial charge in [0.1, 0.15) is 5.69 Å². The second-order valence-corrected chi connectivity index (χ2v) is 5.08. The van der Waals surface area contributed by atoms with Gasteiger partial charge in [0.25, 0.3) is 0 Å². The van der Waals surface area contributed by atoms with Gasteiger partial charge in [-0.05, 0) is 25.5 Å². The molecule has 1 aliphatic heterocycles. The number of hydrogen-bond acceptors (Lipinski definition) is 4. The monoisotopic (exact) mass is 259 g/mol. The van der Waals surface area contributed by atoms with Crippen molar-refractivity contribution in [3.8, 4) is 0 Å². The van der Waals surface area contributed by atoms with Crippen LogP contribution in [0, 0.1) is 0 Å². The van der Waals surface area contributed by atoms with Gasteiger partial charge in [0.05, 0.1) is 6.42 Å². The van der Waals surface area contributed by atoms with Gasteiger partial charge >= 0.3 is 0 Å². The zero-order valence-electron chi connectivity index (χ0n) is 10.9. The summed E-state index contributed by atoms with van der Waals surface area (Å²) < 4.78 is 5.22. The van der Waals surface area contributed by atoms with Crippen molar-refractivity contribution in [2.45, 2.75) is 31.8 Å². The molecule has 1 aromatic carbocycles. The van der Waals surface area contributed by atoms with Gasteiger partial charge in [-0.2, -0.15) is 0 Å². The summed E-state index contributed by atoms with van der Waals surface area (Å²) >= 11 is 0. The molecule has 2 atom stereocenters. The lowest BCUT2D eigenvalue weighted by Gasteiger charge is -2.22. The van der Waals surface area contributed by atoms with Crippen molar-refractivity contribution in [2.24, 2.45) is 5.73 Å². The van der Waals surface area contributed by atoms with Crippen LogP contribution in [0.1, 0.15) is 19.0 Å². The third-order valence-electron chi connectivity index (χ3n) is 3.91. The molecule has 2 heterocycles. The molecular weight excluding hydrogens is 242 g/mol. The maximum Gasteiger partial charge on any atom is 0.229 e. The Morgan fingerprint density at radius 1 is 1.53 bits per heavy atom. The lowest BCUT2D eigenvalue weighted by molar-refractivity contribution is -0.131. The van der Waals surface area contributed by atoms with Crippen LogP contribution in [0.4, 0.5) is 0 Å². The normalized spacial score (nSPS) is 23.2. The van der Waals surface area contributed by atoms with Crippen molar-refractivity contribution < 1.29 is 9.32 Å². The van der Waals surface area contributed by atoms with Crippen molar-refractivity contribution in [3.63, 3.8) is 0 Å². The Morgan fingerprint density at radius 2 is 2.32 bits per heavy atom. The van der Waals surface area contributed by atoms with Gasteiger partial charge in [-0.15, -0.1) is 0 Å². The van der Waals surface area contributed by atoms with Gasteiger partial charge in [0.15, 0.2) is 5.58 Å². The average molecular weight is 259 g/mol. The van der Waals surface area contributed by atoms with Crippen molar-refractivity contribution in [1.82, 2.24) is 10.1 Å². The minimum Gasteiger partial charge on any atom is -0.356 e. The van der Waals surface area contributed by atoms with Crippen molar-refractivity contribution >= 4 is 16.9 Å². The molecule has 0 spiro atoms. The molecule has 2 N–H and O–H groups in total. The SMILES string of the molecule is CC1C(N)CCN1C(=O)Cc1noc2ccccc12. The fourth-order valence-electron chi connectivity index (χ4n) is 2.63. The highest BCUT2D eigenvalue weighted by atomic mass is 16.5. The van der Waals surface area contributed by atoms with Gasteiger partial charge in [0.2, 0.25) is 5.91 Å². The molecule has 3 rings (SSSR count). The Hall–Kier alpha value is -1.88. The molecule has 1 aliphatic rings. The van der Waals surface area contributed by atoms with E-state index in [0.29, 0.717) is 5.69 Å². The number of likely N-dealkylation sites (tertiary alicyclic amines) is 1. The molecule has 19 heavy (non-hydrogen) atoms. The molecule has 2 unspecified atom stereocenters. The predicted molar refractivity (Wildman–Crippen MR) is 71.5 cm³/mol. The molecule has 0 saturated carbocycles. The number of nitrogens with zero attached hydrogens (tertiary/aromatic N) is 2. The number of hydrogen-bond donors (Lipinski definition) is 1. The Morgan fingerprint density at radius 3 is 3.05 bits per heavy atom. The summed E-state index contributed by atoms with van der Waals surface area (Å²) in [5.41, 5.74) is 7.36. The molecule has 0 radical (unpaired) electrons. The zero-order chi connectivity index (χ0) is 13.4.